The van der Waals surface area contributed by atoms with Crippen LogP contribution in [0.3, 0.4) is 0 Å². The van der Waals surface area contributed by atoms with Crippen molar-refractivity contribution in [2.75, 3.05) is 0 Å². The summed E-state index contributed by atoms with van der Waals surface area (Å²) in [6.45, 7) is 3.92. The van der Waals surface area contributed by atoms with Crippen LogP contribution >= 0.6 is 0 Å². The summed E-state index contributed by atoms with van der Waals surface area (Å²) < 4.78 is 0. The van der Waals surface area contributed by atoms with Gasteiger partial charge in [0.05, 0.1) is 0 Å². The van der Waals surface area contributed by atoms with Crippen molar-refractivity contribution < 1.29 is 14.7 Å². The maximum absolute atomic E-state index is 11.7. The van der Waals surface area contributed by atoms with Gasteiger partial charge in [-0.25, -0.2) is 4.79 Å². The second kappa shape index (κ2) is 5.43. The first-order valence-electron chi connectivity index (χ1n) is 6.57. The molecule has 4 heteroatoms. The lowest BCUT2D eigenvalue weighted by atomic mass is 9.96. The van der Waals surface area contributed by atoms with Gasteiger partial charge in [-0.3, -0.25) is 4.79 Å². The number of aliphatic carboxylic acids is 1. The van der Waals surface area contributed by atoms with E-state index in [-0.39, 0.29) is 11.8 Å². The van der Waals surface area contributed by atoms with Crippen LogP contribution in [-0.2, 0) is 16.0 Å². The van der Waals surface area contributed by atoms with E-state index in [2.05, 4.69) is 5.32 Å². The van der Waals surface area contributed by atoms with Gasteiger partial charge in [0.2, 0.25) is 5.91 Å². The first kappa shape index (κ1) is 13.6. The summed E-state index contributed by atoms with van der Waals surface area (Å²) in [4.78, 5) is 23.0. The highest BCUT2D eigenvalue weighted by Crippen LogP contribution is 2.29. The van der Waals surface area contributed by atoms with Crippen molar-refractivity contribution in [2.45, 2.75) is 39.2 Å². The average Bonchev–Trinajstić information content (AvgIpc) is 3.16. The number of carboxylic acid groups (broad SMARTS) is 1. The second-order valence-electron chi connectivity index (χ2n) is 5.25. The number of nitrogens with one attached hydrogen (secondary N) is 1. The quantitative estimate of drug-likeness (QED) is 0.849. The van der Waals surface area contributed by atoms with Crippen LogP contribution in [0.1, 0.15) is 29.5 Å². The molecule has 1 aliphatic rings. The molecule has 4 nitrogen and oxygen atoms in total. The number of rotatable bonds is 5. The molecule has 2 rings (SSSR count). The maximum atomic E-state index is 11.7. The molecule has 102 valence electrons. The van der Waals surface area contributed by atoms with Gasteiger partial charge in [-0.15, -0.1) is 0 Å². The Morgan fingerprint density at radius 1 is 1.32 bits per heavy atom. The van der Waals surface area contributed by atoms with E-state index in [9.17, 15) is 14.7 Å². The van der Waals surface area contributed by atoms with Crippen molar-refractivity contribution in [1.29, 1.82) is 0 Å². The zero-order valence-corrected chi connectivity index (χ0v) is 11.3. The minimum Gasteiger partial charge on any atom is -0.480 e. The number of aryl methyl sites for hydroxylation is 2. The summed E-state index contributed by atoms with van der Waals surface area (Å²) >= 11 is 0. The van der Waals surface area contributed by atoms with Gasteiger partial charge in [0.25, 0.3) is 0 Å². The largest absolute Gasteiger partial charge is 0.480 e. The number of carbonyl (C=O) groups excluding carboxylic acids is 1. The molecule has 0 unspecified atom stereocenters. The Hall–Kier alpha value is -1.84. The van der Waals surface area contributed by atoms with Crippen molar-refractivity contribution in [1.82, 2.24) is 5.32 Å². The topological polar surface area (TPSA) is 66.4 Å². The molecule has 0 radical (unpaired) electrons. The van der Waals surface area contributed by atoms with Crippen molar-refractivity contribution in [3.8, 4) is 0 Å². The summed E-state index contributed by atoms with van der Waals surface area (Å²) in [5.41, 5.74) is 3.13. The first-order valence-corrected chi connectivity index (χ1v) is 6.57. The molecule has 19 heavy (non-hydrogen) atoms. The van der Waals surface area contributed by atoms with E-state index in [0.717, 1.165) is 29.5 Å². The molecule has 1 fully saturated rings. The summed E-state index contributed by atoms with van der Waals surface area (Å²) in [6, 6.07) is 5.04. The van der Waals surface area contributed by atoms with Crippen LogP contribution in [0.15, 0.2) is 18.2 Å². The van der Waals surface area contributed by atoms with E-state index in [1.165, 1.54) is 0 Å². The zero-order chi connectivity index (χ0) is 14.0. The van der Waals surface area contributed by atoms with Crippen LogP contribution in [0, 0.1) is 19.8 Å². The minimum absolute atomic E-state index is 0.0276. The predicted molar refractivity (Wildman–Crippen MR) is 71.9 cm³/mol. The second-order valence-corrected chi connectivity index (χ2v) is 5.25. The SMILES string of the molecule is Cc1cccc(C)c1C[C@@H](NC(=O)C1CC1)C(=O)O. The van der Waals surface area contributed by atoms with Crippen LogP contribution in [0.25, 0.3) is 0 Å². The molecular weight excluding hydrogens is 242 g/mol. The third-order valence-corrected chi connectivity index (χ3v) is 3.62. The number of carboxylic acids is 1. The minimum atomic E-state index is -0.975. The predicted octanol–water partition coefficient (Wildman–Crippen LogP) is 1.83. The third kappa shape index (κ3) is 3.34. The smallest absolute Gasteiger partial charge is 0.326 e. The van der Waals surface area contributed by atoms with Crippen molar-refractivity contribution in [3.63, 3.8) is 0 Å². The number of amides is 1. The fourth-order valence-electron chi connectivity index (χ4n) is 2.21. The summed E-state index contributed by atoms with van der Waals surface area (Å²) in [6.07, 6.45) is 2.09. The van der Waals surface area contributed by atoms with Crippen LogP contribution in [0.5, 0.6) is 0 Å². The average molecular weight is 261 g/mol. The van der Waals surface area contributed by atoms with Crippen molar-refractivity contribution >= 4 is 11.9 Å². The number of hydrogen-bond acceptors (Lipinski definition) is 2. The Balaban J connectivity index is 2.11. The van der Waals surface area contributed by atoms with E-state index in [0.29, 0.717) is 6.42 Å². The number of hydrogen-bond donors (Lipinski definition) is 2. The van der Waals surface area contributed by atoms with E-state index in [1.807, 2.05) is 32.0 Å². The molecule has 1 aromatic rings. The molecule has 0 aromatic heterocycles. The van der Waals surface area contributed by atoms with Gasteiger partial charge >= 0.3 is 5.97 Å². The Morgan fingerprint density at radius 2 is 1.89 bits per heavy atom. The molecule has 0 heterocycles. The van der Waals surface area contributed by atoms with Gasteiger partial charge in [0.15, 0.2) is 0 Å². The maximum Gasteiger partial charge on any atom is 0.326 e. The monoisotopic (exact) mass is 261 g/mol. The first-order chi connectivity index (χ1) is 8.99. The zero-order valence-electron chi connectivity index (χ0n) is 11.3. The van der Waals surface area contributed by atoms with Gasteiger partial charge in [0, 0.05) is 12.3 Å². The number of carbonyl (C=O) groups is 2. The summed E-state index contributed by atoms with van der Waals surface area (Å²) in [5.74, 6) is -1.07. The molecule has 1 aromatic carbocycles. The fraction of sp³-hybridized carbons (Fsp3) is 0.467. The van der Waals surface area contributed by atoms with Gasteiger partial charge < -0.3 is 10.4 Å². The van der Waals surface area contributed by atoms with Crippen LogP contribution < -0.4 is 5.32 Å². The van der Waals surface area contributed by atoms with Crippen molar-refractivity contribution in [2.24, 2.45) is 5.92 Å². The van der Waals surface area contributed by atoms with Gasteiger partial charge in [-0.05, 0) is 43.4 Å². The highest BCUT2D eigenvalue weighted by atomic mass is 16.4. The van der Waals surface area contributed by atoms with Crippen LogP contribution in [0.2, 0.25) is 0 Å². The van der Waals surface area contributed by atoms with Crippen LogP contribution in [-0.4, -0.2) is 23.0 Å². The van der Waals surface area contributed by atoms with Gasteiger partial charge in [-0.1, -0.05) is 18.2 Å². The van der Waals surface area contributed by atoms with Crippen molar-refractivity contribution in [3.05, 3.63) is 34.9 Å². The summed E-state index contributed by atoms with van der Waals surface area (Å²) in [5, 5.41) is 11.9. The normalized spacial score (nSPS) is 15.9. The molecule has 2 N–H and O–H groups in total. The standard InChI is InChI=1S/C15H19NO3/c1-9-4-3-5-10(2)12(9)8-13(15(18)19)16-14(17)11-6-7-11/h3-5,11,13H,6-8H2,1-2H3,(H,16,17)(H,18,19)/t13-/m1/s1. The third-order valence-electron chi connectivity index (χ3n) is 3.62. The van der Waals surface area contributed by atoms with E-state index in [1.54, 1.807) is 0 Å². The lowest BCUT2D eigenvalue weighted by Gasteiger charge is -2.17. The Labute approximate surface area is 112 Å². The lowest BCUT2D eigenvalue weighted by molar-refractivity contribution is -0.142. The van der Waals surface area contributed by atoms with E-state index < -0.39 is 12.0 Å². The molecule has 1 atom stereocenters. The molecule has 0 aliphatic heterocycles. The lowest BCUT2D eigenvalue weighted by Crippen LogP contribution is -2.43. The molecule has 1 aliphatic carbocycles. The molecule has 0 saturated heterocycles. The molecule has 1 amide bonds. The Morgan fingerprint density at radius 3 is 2.37 bits per heavy atom. The van der Waals surface area contributed by atoms with E-state index >= 15 is 0 Å². The Kier molecular flexibility index (Phi) is 3.88. The highest BCUT2D eigenvalue weighted by Gasteiger charge is 2.32. The Bertz CT molecular complexity index is 486. The number of benzene rings is 1. The van der Waals surface area contributed by atoms with Gasteiger partial charge in [0.1, 0.15) is 6.04 Å². The van der Waals surface area contributed by atoms with Crippen LogP contribution in [0.4, 0.5) is 0 Å². The van der Waals surface area contributed by atoms with Gasteiger partial charge in [-0.2, -0.15) is 0 Å². The molecule has 1 saturated carbocycles. The summed E-state index contributed by atoms with van der Waals surface area (Å²) in [7, 11) is 0. The highest BCUT2D eigenvalue weighted by molar-refractivity contribution is 5.86. The van der Waals surface area contributed by atoms with E-state index in [4.69, 9.17) is 0 Å². The molecule has 0 bridgehead atoms. The molecule has 0 spiro atoms. The fourth-order valence-corrected chi connectivity index (χ4v) is 2.21. The molecular formula is C15H19NO3.